The minimum absolute atomic E-state index is 0.896. The summed E-state index contributed by atoms with van der Waals surface area (Å²) >= 11 is 5.42. The Labute approximate surface area is 133 Å². The standard InChI is InChI=1S/C16H18BrNOS/c1-18-10-12-3-6-15(7-4-12)20-11-13-9-14(19-2)5-8-16(13)17/h3-9,18H,10-11H2,1-2H3. The lowest BCUT2D eigenvalue weighted by Gasteiger charge is -2.08. The summed E-state index contributed by atoms with van der Waals surface area (Å²) in [6.45, 7) is 0.909. The number of ether oxygens (including phenoxy) is 1. The maximum atomic E-state index is 5.27. The molecule has 0 spiro atoms. The predicted molar refractivity (Wildman–Crippen MR) is 89.5 cm³/mol. The SMILES string of the molecule is CNCc1ccc(SCc2cc(OC)ccc2Br)cc1. The van der Waals surface area contributed by atoms with Crippen LogP contribution in [0.2, 0.25) is 0 Å². The van der Waals surface area contributed by atoms with Gasteiger partial charge in [-0.25, -0.2) is 0 Å². The van der Waals surface area contributed by atoms with Gasteiger partial charge in [0.15, 0.2) is 0 Å². The van der Waals surface area contributed by atoms with Crippen molar-refractivity contribution in [1.29, 1.82) is 0 Å². The minimum Gasteiger partial charge on any atom is -0.497 e. The molecule has 2 nitrogen and oxygen atoms in total. The smallest absolute Gasteiger partial charge is 0.119 e. The van der Waals surface area contributed by atoms with Crippen LogP contribution in [0, 0.1) is 0 Å². The van der Waals surface area contributed by atoms with Gasteiger partial charge < -0.3 is 10.1 Å². The van der Waals surface area contributed by atoms with Gasteiger partial charge in [-0.3, -0.25) is 0 Å². The first-order valence-corrected chi connectivity index (χ1v) is 8.19. The molecule has 0 fully saturated rings. The minimum atomic E-state index is 0.896. The predicted octanol–water partition coefficient (Wildman–Crippen LogP) is 4.47. The summed E-state index contributed by atoms with van der Waals surface area (Å²) < 4.78 is 6.39. The summed E-state index contributed by atoms with van der Waals surface area (Å²) in [6.07, 6.45) is 0. The van der Waals surface area contributed by atoms with E-state index in [1.54, 1.807) is 7.11 Å². The number of methoxy groups -OCH3 is 1. The van der Waals surface area contributed by atoms with Crippen LogP contribution in [0.3, 0.4) is 0 Å². The fourth-order valence-electron chi connectivity index (χ4n) is 1.86. The van der Waals surface area contributed by atoms with Crippen molar-refractivity contribution in [2.24, 2.45) is 0 Å². The van der Waals surface area contributed by atoms with Gasteiger partial charge in [0.1, 0.15) is 5.75 Å². The third kappa shape index (κ3) is 4.27. The largest absolute Gasteiger partial charge is 0.497 e. The number of hydrogen-bond acceptors (Lipinski definition) is 3. The Morgan fingerprint density at radius 2 is 1.90 bits per heavy atom. The van der Waals surface area contributed by atoms with Crippen LogP contribution in [0.4, 0.5) is 0 Å². The number of thioether (sulfide) groups is 1. The van der Waals surface area contributed by atoms with E-state index in [4.69, 9.17) is 4.74 Å². The summed E-state index contributed by atoms with van der Waals surface area (Å²) in [6, 6.07) is 14.7. The highest BCUT2D eigenvalue weighted by molar-refractivity contribution is 9.10. The van der Waals surface area contributed by atoms with Crippen molar-refractivity contribution in [3.05, 3.63) is 58.1 Å². The molecule has 2 aromatic carbocycles. The van der Waals surface area contributed by atoms with Crippen molar-refractivity contribution in [2.45, 2.75) is 17.2 Å². The van der Waals surface area contributed by atoms with E-state index in [9.17, 15) is 0 Å². The monoisotopic (exact) mass is 351 g/mol. The Bertz CT molecular complexity index is 557. The summed E-state index contributed by atoms with van der Waals surface area (Å²) in [4.78, 5) is 1.28. The molecule has 2 rings (SSSR count). The van der Waals surface area contributed by atoms with E-state index in [0.717, 1.165) is 22.5 Å². The van der Waals surface area contributed by atoms with Crippen molar-refractivity contribution < 1.29 is 4.74 Å². The maximum Gasteiger partial charge on any atom is 0.119 e. The first-order chi connectivity index (χ1) is 9.72. The van der Waals surface area contributed by atoms with Crippen LogP contribution in [0.25, 0.3) is 0 Å². The lowest BCUT2D eigenvalue weighted by molar-refractivity contribution is 0.414. The molecule has 0 radical (unpaired) electrons. The fourth-order valence-corrected chi connectivity index (χ4v) is 3.32. The molecule has 106 valence electrons. The van der Waals surface area contributed by atoms with E-state index in [-0.39, 0.29) is 0 Å². The highest BCUT2D eigenvalue weighted by Gasteiger charge is 2.03. The van der Waals surface area contributed by atoms with Crippen molar-refractivity contribution in [1.82, 2.24) is 5.32 Å². The van der Waals surface area contributed by atoms with Crippen molar-refractivity contribution in [3.8, 4) is 5.75 Å². The molecule has 0 heterocycles. The zero-order valence-electron chi connectivity index (χ0n) is 11.7. The van der Waals surface area contributed by atoms with Crippen LogP contribution in [0.5, 0.6) is 5.75 Å². The third-order valence-electron chi connectivity index (χ3n) is 2.95. The third-order valence-corrected chi connectivity index (χ3v) is 4.79. The molecular weight excluding hydrogens is 334 g/mol. The van der Waals surface area contributed by atoms with Gasteiger partial charge >= 0.3 is 0 Å². The summed E-state index contributed by atoms with van der Waals surface area (Å²) in [5.74, 6) is 1.82. The second-order valence-corrected chi connectivity index (χ2v) is 6.32. The van der Waals surface area contributed by atoms with Crippen LogP contribution < -0.4 is 10.1 Å². The van der Waals surface area contributed by atoms with Gasteiger partial charge in [-0.2, -0.15) is 0 Å². The summed E-state index contributed by atoms with van der Waals surface area (Å²) in [5, 5.41) is 3.15. The molecule has 0 atom stereocenters. The molecule has 20 heavy (non-hydrogen) atoms. The highest BCUT2D eigenvalue weighted by Crippen LogP contribution is 2.29. The topological polar surface area (TPSA) is 21.3 Å². The average Bonchev–Trinajstić information content (AvgIpc) is 2.48. The highest BCUT2D eigenvalue weighted by atomic mass is 79.9. The molecular formula is C16H18BrNOS. The Morgan fingerprint density at radius 3 is 2.55 bits per heavy atom. The van der Waals surface area contributed by atoms with E-state index >= 15 is 0 Å². The van der Waals surface area contributed by atoms with Crippen LogP contribution >= 0.6 is 27.7 Å². The molecule has 0 saturated carbocycles. The molecule has 0 amide bonds. The molecule has 1 N–H and O–H groups in total. The first kappa shape index (κ1) is 15.4. The van der Waals surface area contributed by atoms with Crippen molar-refractivity contribution in [2.75, 3.05) is 14.2 Å². The maximum absolute atomic E-state index is 5.27. The van der Waals surface area contributed by atoms with E-state index in [2.05, 4.69) is 51.6 Å². The zero-order chi connectivity index (χ0) is 14.4. The molecule has 0 bridgehead atoms. The molecule has 0 unspecified atom stereocenters. The van der Waals surface area contributed by atoms with E-state index in [1.807, 2.05) is 30.9 Å². The zero-order valence-corrected chi connectivity index (χ0v) is 14.1. The Balaban J connectivity index is 2.01. The quantitative estimate of drug-likeness (QED) is 0.775. The van der Waals surface area contributed by atoms with Gasteiger partial charge in [0.2, 0.25) is 0 Å². The van der Waals surface area contributed by atoms with Crippen molar-refractivity contribution >= 4 is 27.7 Å². The normalized spacial score (nSPS) is 10.6. The number of halogens is 1. The Morgan fingerprint density at radius 1 is 1.15 bits per heavy atom. The summed E-state index contributed by atoms with van der Waals surface area (Å²) in [5.41, 5.74) is 2.55. The van der Waals surface area contributed by atoms with E-state index < -0.39 is 0 Å². The average molecular weight is 352 g/mol. The van der Waals surface area contributed by atoms with Gasteiger partial charge in [-0.15, -0.1) is 11.8 Å². The molecule has 0 aromatic heterocycles. The van der Waals surface area contributed by atoms with E-state index in [1.165, 1.54) is 16.0 Å². The molecule has 2 aromatic rings. The molecule has 0 saturated heterocycles. The van der Waals surface area contributed by atoms with Crippen molar-refractivity contribution in [3.63, 3.8) is 0 Å². The van der Waals surface area contributed by atoms with Crippen LogP contribution in [-0.2, 0) is 12.3 Å². The molecule has 0 aliphatic heterocycles. The number of rotatable bonds is 6. The molecule has 0 aliphatic rings. The van der Waals surface area contributed by atoms with Gasteiger partial charge in [-0.05, 0) is 48.5 Å². The first-order valence-electron chi connectivity index (χ1n) is 6.41. The molecule has 0 aliphatic carbocycles. The van der Waals surface area contributed by atoms with Crippen LogP contribution in [-0.4, -0.2) is 14.2 Å². The fraction of sp³-hybridized carbons (Fsp3) is 0.250. The Kier molecular flexibility index (Phi) is 5.95. The summed E-state index contributed by atoms with van der Waals surface area (Å²) in [7, 11) is 3.66. The number of benzene rings is 2. The lowest BCUT2D eigenvalue weighted by atomic mass is 10.2. The lowest BCUT2D eigenvalue weighted by Crippen LogP contribution is -2.04. The number of hydrogen-bond donors (Lipinski definition) is 1. The van der Waals surface area contributed by atoms with Gasteiger partial charge in [0.05, 0.1) is 7.11 Å². The number of nitrogens with one attached hydrogen (secondary N) is 1. The van der Waals surface area contributed by atoms with E-state index in [0.29, 0.717) is 0 Å². The van der Waals surface area contributed by atoms with Gasteiger partial charge in [0, 0.05) is 21.7 Å². The second-order valence-electron chi connectivity index (χ2n) is 4.42. The van der Waals surface area contributed by atoms with Gasteiger partial charge in [-0.1, -0.05) is 28.1 Å². The second kappa shape index (κ2) is 7.72. The Hall–Kier alpha value is -0.970. The van der Waals surface area contributed by atoms with Crippen LogP contribution in [0.15, 0.2) is 51.8 Å². The van der Waals surface area contributed by atoms with Gasteiger partial charge in [0.25, 0.3) is 0 Å². The van der Waals surface area contributed by atoms with Crippen LogP contribution in [0.1, 0.15) is 11.1 Å². The molecule has 4 heteroatoms.